The first kappa shape index (κ1) is 14.4. The van der Waals surface area contributed by atoms with Crippen LogP contribution in [0, 0.1) is 17.1 Å². The molecule has 0 saturated heterocycles. The highest BCUT2D eigenvalue weighted by molar-refractivity contribution is 5.74. The molecule has 0 radical (unpaired) electrons. The fourth-order valence-electron chi connectivity index (χ4n) is 2.01. The molecule has 0 aliphatic rings. The van der Waals surface area contributed by atoms with Crippen LogP contribution >= 0.6 is 0 Å². The maximum Gasteiger partial charge on any atom is 0.216 e. The summed E-state index contributed by atoms with van der Waals surface area (Å²) in [6.07, 6.45) is 1.34. The first-order valence-electron chi connectivity index (χ1n) is 6.73. The molecule has 0 bridgehead atoms. The highest BCUT2D eigenvalue weighted by atomic mass is 19.1. The molecule has 23 heavy (non-hydrogen) atoms. The van der Waals surface area contributed by atoms with Crippen LogP contribution in [-0.2, 0) is 0 Å². The molecule has 0 fully saturated rings. The number of hydrogen-bond acceptors (Lipinski definition) is 5. The number of nitriles is 1. The molecule has 2 N–H and O–H groups in total. The second-order valence-electron chi connectivity index (χ2n) is 4.61. The molecule has 3 rings (SSSR count). The molecule has 0 aliphatic heterocycles. The molecule has 6 nitrogen and oxygen atoms in total. The van der Waals surface area contributed by atoms with Gasteiger partial charge in [-0.05, 0) is 28.5 Å². The van der Waals surface area contributed by atoms with Crippen molar-refractivity contribution >= 4 is 11.3 Å². The van der Waals surface area contributed by atoms with Gasteiger partial charge in [-0.1, -0.05) is 36.4 Å². The minimum Gasteiger partial charge on any atom is -0.358 e. The summed E-state index contributed by atoms with van der Waals surface area (Å²) in [4.78, 5) is 0. The van der Waals surface area contributed by atoms with E-state index in [-0.39, 0.29) is 17.1 Å². The normalized spacial score (nSPS) is 11.0. The van der Waals surface area contributed by atoms with E-state index in [1.807, 2.05) is 36.4 Å². The van der Waals surface area contributed by atoms with Crippen molar-refractivity contribution in [3.8, 4) is 17.2 Å². The van der Waals surface area contributed by atoms with Crippen LogP contribution < -0.4 is 5.32 Å². The topological polar surface area (TPSA) is 90.3 Å². The van der Waals surface area contributed by atoms with E-state index in [1.54, 1.807) is 12.1 Å². The number of tetrazole rings is 1. The predicted octanol–water partition coefficient (Wildman–Crippen LogP) is 2.98. The second-order valence-corrected chi connectivity index (χ2v) is 4.61. The molecular weight excluding hydrogens is 295 g/mol. The van der Waals surface area contributed by atoms with E-state index >= 15 is 0 Å². The molecule has 2 aromatic carbocycles. The van der Waals surface area contributed by atoms with Gasteiger partial charge in [-0.3, -0.25) is 0 Å². The monoisotopic (exact) mass is 306 g/mol. The van der Waals surface area contributed by atoms with Crippen LogP contribution in [0.1, 0.15) is 5.82 Å². The number of halogens is 1. The molecule has 0 unspecified atom stereocenters. The van der Waals surface area contributed by atoms with Crippen molar-refractivity contribution in [2.45, 2.75) is 0 Å². The molecule has 1 heterocycles. The number of nitrogens with one attached hydrogen (secondary N) is 2. The van der Waals surface area contributed by atoms with Crippen LogP contribution in [0.4, 0.5) is 10.1 Å². The van der Waals surface area contributed by atoms with Gasteiger partial charge in [-0.2, -0.15) is 10.5 Å². The van der Waals surface area contributed by atoms with E-state index in [9.17, 15) is 4.39 Å². The number of allylic oxidation sites excluding steroid dienone is 1. The van der Waals surface area contributed by atoms with E-state index < -0.39 is 5.82 Å². The molecule has 0 atom stereocenters. The number of aromatic amines is 1. The van der Waals surface area contributed by atoms with Crippen LogP contribution in [-0.4, -0.2) is 20.6 Å². The van der Waals surface area contributed by atoms with Crippen LogP contribution in [0.2, 0.25) is 0 Å². The van der Waals surface area contributed by atoms with Crippen LogP contribution in [0.15, 0.2) is 54.7 Å². The van der Waals surface area contributed by atoms with Gasteiger partial charge in [0.1, 0.15) is 17.5 Å². The van der Waals surface area contributed by atoms with Crippen molar-refractivity contribution in [1.82, 2.24) is 20.6 Å². The Morgan fingerprint density at radius 3 is 2.65 bits per heavy atom. The van der Waals surface area contributed by atoms with Gasteiger partial charge in [0.25, 0.3) is 0 Å². The molecular formula is C16H11FN6. The first-order chi connectivity index (χ1) is 11.3. The lowest BCUT2D eigenvalue weighted by molar-refractivity contribution is 0.632. The fraction of sp³-hybridized carbons (Fsp3) is 0. The third-order valence-electron chi connectivity index (χ3n) is 3.15. The molecule has 7 heteroatoms. The van der Waals surface area contributed by atoms with Crippen molar-refractivity contribution in [1.29, 1.82) is 5.26 Å². The highest BCUT2D eigenvalue weighted by Crippen LogP contribution is 2.24. The van der Waals surface area contributed by atoms with Crippen molar-refractivity contribution in [2.24, 2.45) is 0 Å². The first-order valence-corrected chi connectivity index (χ1v) is 6.73. The zero-order valence-electron chi connectivity index (χ0n) is 11.9. The summed E-state index contributed by atoms with van der Waals surface area (Å²) in [5.41, 5.74) is 2.10. The van der Waals surface area contributed by atoms with Gasteiger partial charge >= 0.3 is 0 Å². The predicted molar refractivity (Wildman–Crippen MR) is 83.2 cm³/mol. The van der Waals surface area contributed by atoms with Gasteiger partial charge in [0.15, 0.2) is 0 Å². The van der Waals surface area contributed by atoms with Gasteiger partial charge in [0, 0.05) is 6.20 Å². The van der Waals surface area contributed by atoms with Crippen molar-refractivity contribution in [2.75, 3.05) is 5.32 Å². The number of H-pyrrole nitrogens is 1. The molecule has 1 aromatic heterocycles. The Kier molecular flexibility index (Phi) is 4.07. The minimum absolute atomic E-state index is 0.140. The van der Waals surface area contributed by atoms with Gasteiger partial charge in [0.2, 0.25) is 5.82 Å². The number of rotatable bonds is 4. The summed E-state index contributed by atoms with van der Waals surface area (Å²) < 4.78 is 14.2. The van der Waals surface area contributed by atoms with E-state index in [4.69, 9.17) is 5.26 Å². The lowest BCUT2D eigenvalue weighted by Crippen LogP contribution is -1.95. The largest absolute Gasteiger partial charge is 0.358 e. The van der Waals surface area contributed by atoms with Gasteiger partial charge < -0.3 is 5.32 Å². The molecule has 112 valence electrons. The summed E-state index contributed by atoms with van der Waals surface area (Å²) in [5.74, 6) is -0.283. The summed E-state index contributed by atoms with van der Waals surface area (Å²) in [6, 6.07) is 16.3. The Balaban J connectivity index is 1.83. The summed E-state index contributed by atoms with van der Waals surface area (Å²) >= 11 is 0. The van der Waals surface area contributed by atoms with Crippen molar-refractivity contribution < 1.29 is 4.39 Å². The summed E-state index contributed by atoms with van der Waals surface area (Å²) in [6.45, 7) is 0. The minimum atomic E-state index is -0.423. The van der Waals surface area contributed by atoms with E-state index in [0.29, 0.717) is 0 Å². The average molecular weight is 306 g/mol. The van der Waals surface area contributed by atoms with Gasteiger partial charge in [-0.25, -0.2) is 4.39 Å². The zero-order chi connectivity index (χ0) is 16.1. The van der Waals surface area contributed by atoms with Crippen molar-refractivity contribution in [3.63, 3.8) is 0 Å². The third-order valence-corrected chi connectivity index (χ3v) is 3.15. The Morgan fingerprint density at radius 2 is 2.00 bits per heavy atom. The Bertz CT molecular complexity index is 865. The smallest absolute Gasteiger partial charge is 0.216 e. The standard InChI is InChI=1S/C16H11FN6/c17-14-8-12(11-4-2-1-3-5-11)6-7-15(14)19-10-13(9-18)16-20-22-23-21-16/h1-8,10,19H,(H,20,21,22,23). The SMILES string of the molecule is N#CC(=CNc1ccc(-c2ccccc2)cc1F)c1nn[nH]n1. The van der Waals surface area contributed by atoms with E-state index in [2.05, 4.69) is 25.9 Å². The summed E-state index contributed by atoms with van der Waals surface area (Å²) in [5, 5.41) is 24.9. The molecule has 0 aliphatic carbocycles. The van der Waals surface area contributed by atoms with Crippen molar-refractivity contribution in [3.05, 3.63) is 66.4 Å². The Hall–Kier alpha value is -3.53. The lowest BCUT2D eigenvalue weighted by atomic mass is 10.1. The number of anilines is 1. The molecule has 3 aromatic rings. The van der Waals surface area contributed by atoms with Crippen LogP contribution in [0.3, 0.4) is 0 Å². The number of aromatic nitrogens is 4. The lowest BCUT2D eigenvalue weighted by Gasteiger charge is -2.06. The quantitative estimate of drug-likeness (QED) is 0.723. The molecule has 0 amide bonds. The highest BCUT2D eigenvalue weighted by Gasteiger charge is 2.07. The van der Waals surface area contributed by atoms with Gasteiger partial charge in [0.05, 0.1) is 5.69 Å². The van der Waals surface area contributed by atoms with E-state index in [1.165, 1.54) is 12.3 Å². The number of benzene rings is 2. The maximum absolute atomic E-state index is 14.2. The van der Waals surface area contributed by atoms with E-state index in [0.717, 1.165) is 11.1 Å². The summed E-state index contributed by atoms with van der Waals surface area (Å²) in [7, 11) is 0. The average Bonchev–Trinajstić information content (AvgIpc) is 3.12. The fourth-order valence-corrected chi connectivity index (χ4v) is 2.01. The molecule has 0 saturated carbocycles. The molecule has 0 spiro atoms. The maximum atomic E-state index is 14.2. The van der Waals surface area contributed by atoms with Crippen LogP contribution in [0.25, 0.3) is 16.7 Å². The second kappa shape index (κ2) is 6.49. The zero-order valence-corrected chi connectivity index (χ0v) is 11.9. The number of nitrogens with zero attached hydrogens (tertiary/aromatic N) is 4. The Labute approximate surface area is 131 Å². The third kappa shape index (κ3) is 3.22. The Morgan fingerprint density at radius 1 is 1.17 bits per heavy atom. The number of hydrogen-bond donors (Lipinski definition) is 2. The van der Waals surface area contributed by atoms with Crippen LogP contribution in [0.5, 0.6) is 0 Å². The van der Waals surface area contributed by atoms with Gasteiger partial charge in [-0.15, -0.1) is 10.2 Å².